The Morgan fingerprint density at radius 3 is 2.44 bits per heavy atom. The minimum Gasteiger partial charge on any atom is -0.493 e. The number of ether oxygens (including phenoxy) is 1. The lowest BCUT2D eigenvalue weighted by atomic mass is 9.90. The summed E-state index contributed by atoms with van der Waals surface area (Å²) < 4.78 is 6.00. The van der Waals surface area contributed by atoms with E-state index in [9.17, 15) is 9.59 Å². The molecule has 1 atom stereocenters. The number of rotatable bonds is 7. The maximum Gasteiger partial charge on any atom is 0.321 e. The molecule has 2 aromatic carbocycles. The number of carboxylic acids is 1. The lowest BCUT2D eigenvalue weighted by Crippen LogP contribution is -2.38. The number of amides is 1. The summed E-state index contributed by atoms with van der Waals surface area (Å²) >= 11 is 0. The molecule has 0 aromatic heterocycles. The van der Waals surface area contributed by atoms with Crippen molar-refractivity contribution in [1.82, 2.24) is 0 Å². The molecule has 2 aromatic rings. The Balaban J connectivity index is 0.00000289. The van der Waals surface area contributed by atoms with Gasteiger partial charge in [0.05, 0.1) is 13.0 Å². The molecule has 0 bridgehead atoms. The smallest absolute Gasteiger partial charge is 0.321 e. The van der Waals surface area contributed by atoms with Crippen LogP contribution in [0.25, 0.3) is 11.1 Å². The second kappa shape index (κ2) is 10.8. The van der Waals surface area contributed by atoms with Gasteiger partial charge in [-0.25, -0.2) is 0 Å². The molecule has 3 N–H and O–H groups in total. The van der Waals surface area contributed by atoms with Crippen molar-refractivity contribution >= 4 is 30.0 Å². The Kier molecular flexibility index (Phi) is 8.15. The molecule has 0 saturated heterocycles. The number of anilines is 1. The van der Waals surface area contributed by atoms with Crippen LogP contribution in [0.1, 0.15) is 44.1 Å². The Hall–Kier alpha value is -2.57. The molecule has 0 unspecified atom stereocenters. The minimum atomic E-state index is -1.17. The molecule has 0 radical (unpaired) electrons. The van der Waals surface area contributed by atoms with Crippen molar-refractivity contribution in [3.63, 3.8) is 0 Å². The highest BCUT2D eigenvalue weighted by Gasteiger charge is 2.27. The Morgan fingerprint density at radius 2 is 1.75 bits per heavy atom. The van der Waals surface area contributed by atoms with Crippen LogP contribution in [0.4, 0.5) is 5.69 Å². The zero-order chi connectivity index (χ0) is 21.8. The molecule has 172 valence electrons. The van der Waals surface area contributed by atoms with Crippen molar-refractivity contribution in [3.8, 4) is 16.9 Å². The van der Waals surface area contributed by atoms with Crippen molar-refractivity contribution in [2.24, 2.45) is 11.7 Å². The number of nitrogens with two attached hydrogens (primary N) is 1. The van der Waals surface area contributed by atoms with Crippen molar-refractivity contribution in [1.29, 1.82) is 0 Å². The Labute approximate surface area is 195 Å². The van der Waals surface area contributed by atoms with Crippen LogP contribution in [0.15, 0.2) is 42.5 Å². The summed E-state index contributed by atoms with van der Waals surface area (Å²) in [5, 5.41) is 8.95. The molecule has 6 nitrogen and oxygen atoms in total. The monoisotopic (exact) mass is 458 g/mol. The number of nitrogens with zero attached hydrogens (tertiary/aromatic N) is 1. The van der Waals surface area contributed by atoms with Crippen LogP contribution < -0.4 is 15.4 Å². The van der Waals surface area contributed by atoms with Gasteiger partial charge in [-0.3, -0.25) is 9.59 Å². The third-order valence-corrected chi connectivity index (χ3v) is 6.39. The Morgan fingerprint density at radius 1 is 1.06 bits per heavy atom. The van der Waals surface area contributed by atoms with E-state index in [0.717, 1.165) is 41.2 Å². The lowest BCUT2D eigenvalue weighted by Gasteiger charge is -2.21. The highest BCUT2D eigenvalue weighted by atomic mass is 35.5. The molecule has 1 saturated carbocycles. The molecule has 1 heterocycles. The first kappa shape index (κ1) is 24.1. The third-order valence-electron chi connectivity index (χ3n) is 6.39. The van der Waals surface area contributed by atoms with Gasteiger partial charge >= 0.3 is 5.97 Å². The van der Waals surface area contributed by atoms with E-state index in [0.29, 0.717) is 12.5 Å². The fourth-order valence-corrected chi connectivity index (χ4v) is 4.54. The summed E-state index contributed by atoms with van der Waals surface area (Å²) in [6.45, 7) is 1.35. The largest absolute Gasteiger partial charge is 0.493 e. The molecule has 1 fully saturated rings. The summed E-state index contributed by atoms with van der Waals surface area (Å²) in [5.74, 6) is 0.179. The molecule has 1 aliphatic carbocycles. The maximum atomic E-state index is 12.5. The first-order chi connectivity index (χ1) is 15.0. The van der Waals surface area contributed by atoms with Crippen LogP contribution in [0.5, 0.6) is 5.75 Å². The van der Waals surface area contributed by atoms with Crippen LogP contribution >= 0.6 is 12.4 Å². The van der Waals surface area contributed by atoms with Gasteiger partial charge < -0.3 is 20.5 Å². The van der Waals surface area contributed by atoms with E-state index in [1.54, 1.807) is 4.90 Å². The van der Waals surface area contributed by atoms with Crippen LogP contribution in [-0.2, 0) is 16.0 Å². The highest BCUT2D eigenvalue weighted by molar-refractivity contribution is 5.98. The van der Waals surface area contributed by atoms with Gasteiger partial charge in [-0.1, -0.05) is 37.5 Å². The number of carbonyl (C=O) groups excluding carboxylic acids is 1. The number of hydrogen-bond acceptors (Lipinski definition) is 4. The predicted molar refractivity (Wildman–Crippen MR) is 127 cm³/mol. The predicted octanol–water partition coefficient (Wildman–Crippen LogP) is 4.43. The molecule has 32 heavy (non-hydrogen) atoms. The van der Waals surface area contributed by atoms with Gasteiger partial charge in [0.25, 0.3) is 0 Å². The number of carboxylic acid groups (broad SMARTS) is 1. The van der Waals surface area contributed by atoms with E-state index < -0.39 is 12.0 Å². The molecule has 1 amide bonds. The summed E-state index contributed by atoms with van der Waals surface area (Å²) in [4.78, 5) is 25.0. The van der Waals surface area contributed by atoms with E-state index in [2.05, 4.69) is 18.2 Å². The van der Waals surface area contributed by atoms with Gasteiger partial charge in [0.15, 0.2) is 0 Å². The molecule has 1 aliphatic heterocycles. The zero-order valence-electron chi connectivity index (χ0n) is 18.2. The fraction of sp³-hybridized carbons (Fsp3) is 0.440. The second-order valence-corrected chi connectivity index (χ2v) is 8.63. The van der Waals surface area contributed by atoms with Crippen molar-refractivity contribution in [2.45, 2.75) is 51.0 Å². The first-order valence-electron chi connectivity index (χ1n) is 11.2. The van der Waals surface area contributed by atoms with Crippen molar-refractivity contribution < 1.29 is 19.4 Å². The Bertz CT molecular complexity index is 941. The van der Waals surface area contributed by atoms with Crippen LogP contribution in [-0.4, -0.2) is 36.2 Å². The van der Waals surface area contributed by atoms with Gasteiger partial charge in [0.2, 0.25) is 5.91 Å². The summed E-state index contributed by atoms with van der Waals surface area (Å²) in [5.41, 5.74) is 9.65. The number of carbonyl (C=O) groups is 2. The average molecular weight is 459 g/mol. The summed E-state index contributed by atoms with van der Waals surface area (Å²) in [6.07, 6.45) is 7.09. The quantitative estimate of drug-likeness (QED) is 0.640. The number of hydrogen-bond donors (Lipinski definition) is 2. The second-order valence-electron chi connectivity index (χ2n) is 8.63. The van der Waals surface area contributed by atoms with Gasteiger partial charge in [-0.05, 0) is 66.1 Å². The van der Waals surface area contributed by atoms with E-state index >= 15 is 0 Å². The number of halogens is 1. The van der Waals surface area contributed by atoms with Crippen LogP contribution in [0.3, 0.4) is 0 Å². The first-order valence-corrected chi connectivity index (χ1v) is 11.2. The van der Waals surface area contributed by atoms with Gasteiger partial charge in [0, 0.05) is 12.2 Å². The van der Waals surface area contributed by atoms with Crippen LogP contribution in [0.2, 0.25) is 0 Å². The van der Waals surface area contributed by atoms with E-state index in [-0.39, 0.29) is 24.7 Å². The molecular weight excluding hydrogens is 428 g/mol. The number of benzene rings is 2. The average Bonchev–Trinajstić information content (AvgIpc) is 3.22. The lowest BCUT2D eigenvalue weighted by molar-refractivity contribution is -0.140. The van der Waals surface area contributed by atoms with E-state index in [1.165, 1.54) is 32.1 Å². The normalized spacial score (nSPS) is 16.7. The standard InChI is InChI=1S/C25H30N2O4.ClH/c26-22(25(29)30)15-24(28)27-13-12-20-14-19(8-11-23(20)27)18-6-9-21(10-7-18)31-16-17-4-2-1-3-5-17;/h6-11,14,17,22H,1-5,12-13,15-16,26H2,(H,29,30);1H/t22-;/m1./s1. The highest BCUT2D eigenvalue weighted by Crippen LogP contribution is 2.33. The topological polar surface area (TPSA) is 92.9 Å². The van der Waals surface area contributed by atoms with Gasteiger partial charge in [-0.15, -0.1) is 12.4 Å². The SMILES string of the molecule is Cl.N[C@H](CC(=O)N1CCc2cc(-c3ccc(OCC4CCCCC4)cc3)ccc21)C(=O)O. The summed E-state index contributed by atoms with van der Waals surface area (Å²) in [7, 11) is 0. The van der Waals surface area contributed by atoms with Crippen molar-refractivity contribution in [3.05, 3.63) is 48.0 Å². The van der Waals surface area contributed by atoms with Crippen molar-refractivity contribution in [2.75, 3.05) is 18.1 Å². The number of aliphatic carboxylic acids is 1. The third kappa shape index (κ3) is 5.61. The summed E-state index contributed by atoms with van der Waals surface area (Å²) in [6, 6.07) is 13.1. The molecule has 7 heteroatoms. The molecule has 4 rings (SSSR count). The van der Waals surface area contributed by atoms with Gasteiger partial charge in [-0.2, -0.15) is 0 Å². The molecule has 0 spiro atoms. The van der Waals surface area contributed by atoms with E-state index in [1.807, 2.05) is 24.3 Å². The minimum absolute atomic E-state index is 0. The molecular formula is C25H31ClN2O4. The zero-order valence-corrected chi connectivity index (χ0v) is 19.0. The number of fused-ring (bicyclic) bond motifs is 1. The van der Waals surface area contributed by atoms with E-state index in [4.69, 9.17) is 15.6 Å². The fourth-order valence-electron chi connectivity index (χ4n) is 4.54. The van der Waals surface area contributed by atoms with Gasteiger partial charge in [0.1, 0.15) is 11.8 Å². The molecule has 2 aliphatic rings. The maximum absolute atomic E-state index is 12.5. The van der Waals surface area contributed by atoms with Crippen LogP contribution in [0, 0.1) is 5.92 Å².